The van der Waals surface area contributed by atoms with Crippen molar-refractivity contribution in [2.24, 2.45) is 5.73 Å². The molecule has 4 heteroatoms. The maximum Gasteiger partial charge on any atom is 0.0594 e. The van der Waals surface area contributed by atoms with Gasteiger partial charge in [-0.1, -0.05) is 0 Å². The van der Waals surface area contributed by atoms with Crippen molar-refractivity contribution in [3.8, 4) is 0 Å². The predicted molar refractivity (Wildman–Crippen MR) is 56.3 cm³/mol. The first-order valence-corrected chi connectivity index (χ1v) is 5.61. The predicted octanol–water partition coefficient (Wildman–Crippen LogP) is -0.600. The molecule has 0 unspecified atom stereocenters. The molecule has 0 amide bonds. The Morgan fingerprint density at radius 2 is 1.86 bits per heavy atom. The highest BCUT2D eigenvalue weighted by Crippen LogP contribution is 2.25. The average Bonchev–Trinajstić information content (AvgIpc) is 2.31. The molecule has 2 heterocycles. The second-order valence-electron chi connectivity index (χ2n) is 4.28. The second-order valence-corrected chi connectivity index (χ2v) is 4.28. The van der Waals surface area contributed by atoms with Gasteiger partial charge in [0.1, 0.15) is 0 Å². The Bertz CT molecular complexity index is 174. The lowest BCUT2D eigenvalue weighted by Crippen LogP contribution is -2.61. The van der Waals surface area contributed by atoms with E-state index in [0.29, 0.717) is 0 Å². The minimum Gasteiger partial charge on any atom is -0.379 e. The van der Waals surface area contributed by atoms with Crippen LogP contribution in [0.5, 0.6) is 0 Å². The molecule has 2 rings (SSSR count). The van der Waals surface area contributed by atoms with Crippen molar-refractivity contribution in [3.63, 3.8) is 0 Å². The molecule has 4 nitrogen and oxygen atoms in total. The SMILES string of the molecule is NCC1(N2CCOCC2)CCNCC1. The quantitative estimate of drug-likeness (QED) is 0.623. The van der Waals surface area contributed by atoms with Gasteiger partial charge in [0.25, 0.3) is 0 Å². The van der Waals surface area contributed by atoms with Crippen LogP contribution in [0, 0.1) is 0 Å². The Kier molecular flexibility index (Phi) is 3.38. The van der Waals surface area contributed by atoms with Crippen molar-refractivity contribution in [2.45, 2.75) is 18.4 Å². The Morgan fingerprint density at radius 3 is 2.43 bits per heavy atom. The lowest BCUT2D eigenvalue weighted by molar-refractivity contribution is -0.0308. The third-order valence-corrected chi connectivity index (χ3v) is 3.60. The number of nitrogens with two attached hydrogens (primary N) is 1. The summed E-state index contributed by atoms with van der Waals surface area (Å²) in [6, 6.07) is 0. The van der Waals surface area contributed by atoms with E-state index in [1.54, 1.807) is 0 Å². The highest BCUT2D eigenvalue weighted by atomic mass is 16.5. The maximum absolute atomic E-state index is 5.96. The molecule has 0 aliphatic carbocycles. The molecule has 0 aromatic rings. The number of ether oxygens (including phenoxy) is 1. The molecule has 0 spiro atoms. The van der Waals surface area contributed by atoms with Gasteiger partial charge >= 0.3 is 0 Å². The van der Waals surface area contributed by atoms with Crippen LogP contribution in [0.25, 0.3) is 0 Å². The molecule has 2 aliphatic rings. The fourth-order valence-corrected chi connectivity index (χ4v) is 2.58. The summed E-state index contributed by atoms with van der Waals surface area (Å²) in [5.41, 5.74) is 6.22. The first-order valence-electron chi connectivity index (χ1n) is 5.61. The molecule has 82 valence electrons. The van der Waals surface area contributed by atoms with Gasteiger partial charge in [0.05, 0.1) is 13.2 Å². The number of piperidine rings is 1. The van der Waals surface area contributed by atoms with E-state index in [0.717, 1.165) is 45.9 Å². The largest absolute Gasteiger partial charge is 0.379 e. The molecule has 0 saturated carbocycles. The van der Waals surface area contributed by atoms with E-state index in [1.807, 2.05) is 0 Å². The molecular weight excluding hydrogens is 178 g/mol. The fourth-order valence-electron chi connectivity index (χ4n) is 2.58. The molecule has 2 saturated heterocycles. The Morgan fingerprint density at radius 1 is 1.21 bits per heavy atom. The molecule has 2 fully saturated rings. The van der Waals surface area contributed by atoms with Crippen molar-refractivity contribution in [1.29, 1.82) is 0 Å². The molecule has 2 aliphatic heterocycles. The molecule has 14 heavy (non-hydrogen) atoms. The summed E-state index contributed by atoms with van der Waals surface area (Å²) in [6.45, 7) is 6.84. The van der Waals surface area contributed by atoms with Gasteiger partial charge in [-0.15, -0.1) is 0 Å². The molecule has 0 aromatic carbocycles. The maximum atomic E-state index is 5.96. The van der Waals surface area contributed by atoms with Gasteiger partial charge in [0.2, 0.25) is 0 Å². The van der Waals surface area contributed by atoms with E-state index < -0.39 is 0 Å². The zero-order valence-corrected chi connectivity index (χ0v) is 8.80. The zero-order valence-electron chi connectivity index (χ0n) is 8.80. The highest BCUT2D eigenvalue weighted by molar-refractivity contribution is 4.96. The third-order valence-electron chi connectivity index (χ3n) is 3.60. The molecular formula is C10H21N3O. The van der Waals surface area contributed by atoms with Crippen molar-refractivity contribution >= 4 is 0 Å². The minimum absolute atomic E-state index is 0.259. The fraction of sp³-hybridized carbons (Fsp3) is 1.00. The normalized spacial score (nSPS) is 28.9. The van der Waals surface area contributed by atoms with Gasteiger partial charge in [-0.25, -0.2) is 0 Å². The summed E-state index contributed by atoms with van der Waals surface area (Å²) in [6.07, 6.45) is 2.37. The summed E-state index contributed by atoms with van der Waals surface area (Å²) in [5.74, 6) is 0. The van der Waals surface area contributed by atoms with E-state index in [-0.39, 0.29) is 5.54 Å². The lowest BCUT2D eigenvalue weighted by Gasteiger charge is -2.47. The summed E-state index contributed by atoms with van der Waals surface area (Å²) in [4.78, 5) is 2.54. The zero-order chi connectivity index (χ0) is 9.86. The Balaban J connectivity index is 2.01. The van der Waals surface area contributed by atoms with Crippen LogP contribution in [0.15, 0.2) is 0 Å². The van der Waals surface area contributed by atoms with Crippen LogP contribution in [-0.2, 0) is 4.74 Å². The molecule has 0 bridgehead atoms. The monoisotopic (exact) mass is 199 g/mol. The van der Waals surface area contributed by atoms with Gasteiger partial charge in [-0.05, 0) is 25.9 Å². The van der Waals surface area contributed by atoms with E-state index in [1.165, 1.54) is 12.8 Å². The average molecular weight is 199 g/mol. The van der Waals surface area contributed by atoms with Gasteiger partial charge in [0, 0.05) is 25.2 Å². The number of rotatable bonds is 2. The Labute approximate surface area is 85.8 Å². The Hall–Kier alpha value is -0.160. The molecule has 0 radical (unpaired) electrons. The van der Waals surface area contributed by atoms with Gasteiger partial charge in [-0.3, -0.25) is 4.90 Å². The van der Waals surface area contributed by atoms with Crippen LogP contribution in [-0.4, -0.2) is 56.4 Å². The van der Waals surface area contributed by atoms with Crippen LogP contribution in [0.4, 0.5) is 0 Å². The summed E-state index contributed by atoms with van der Waals surface area (Å²) >= 11 is 0. The summed E-state index contributed by atoms with van der Waals surface area (Å²) in [5, 5.41) is 3.40. The van der Waals surface area contributed by atoms with E-state index in [2.05, 4.69) is 10.2 Å². The number of morpholine rings is 1. The van der Waals surface area contributed by atoms with Crippen LogP contribution < -0.4 is 11.1 Å². The van der Waals surface area contributed by atoms with Crippen molar-refractivity contribution < 1.29 is 4.74 Å². The number of hydrogen-bond acceptors (Lipinski definition) is 4. The first-order chi connectivity index (χ1) is 6.87. The molecule has 3 N–H and O–H groups in total. The highest BCUT2D eigenvalue weighted by Gasteiger charge is 2.37. The molecule has 0 aromatic heterocycles. The van der Waals surface area contributed by atoms with Crippen LogP contribution in [0.2, 0.25) is 0 Å². The smallest absolute Gasteiger partial charge is 0.0594 e. The standard InChI is InChI=1S/C10H21N3O/c11-9-10(1-3-12-4-2-10)13-5-7-14-8-6-13/h12H,1-9,11H2. The van der Waals surface area contributed by atoms with Gasteiger partial charge in [-0.2, -0.15) is 0 Å². The van der Waals surface area contributed by atoms with Crippen LogP contribution in [0.3, 0.4) is 0 Å². The van der Waals surface area contributed by atoms with Gasteiger partial charge < -0.3 is 15.8 Å². The molecule has 0 atom stereocenters. The minimum atomic E-state index is 0.259. The number of nitrogens with one attached hydrogen (secondary N) is 1. The lowest BCUT2D eigenvalue weighted by atomic mass is 9.86. The first kappa shape index (κ1) is 10.4. The van der Waals surface area contributed by atoms with E-state index in [9.17, 15) is 0 Å². The second kappa shape index (κ2) is 4.57. The van der Waals surface area contributed by atoms with Gasteiger partial charge in [0.15, 0.2) is 0 Å². The number of nitrogens with zero attached hydrogens (tertiary/aromatic N) is 1. The topological polar surface area (TPSA) is 50.5 Å². The van der Waals surface area contributed by atoms with Crippen molar-refractivity contribution in [3.05, 3.63) is 0 Å². The van der Waals surface area contributed by atoms with Crippen LogP contribution in [0.1, 0.15) is 12.8 Å². The summed E-state index contributed by atoms with van der Waals surface area (Å²) in [7, 11) is 0. The van der Waals surface area contributed by atoms with E-state index in [4.69, 9.17) is 10.5 Å². The number of hydrogen-bond donors (Lipinski definition) is 2. The summed E-state index contributed by atoms with van der Waals surface area (Å²) < 4.78 is 5.38. The van der Waals surface area contributed by atoms with Crippen molar-refractivity contribution in [2.75, 3.05) is 45.9 Å². The van der Waals surface area contributed by atoms with E-state index >= 15 is 0 Å². The van der Waals surface area contributed by atoms with Crippen LogP contribution >= 0.6 is 0 Å². The van der Waals surface area contributed by atoms with Crippen molar-refractivity contribution in [1.82, 2.24) is 10.2 Å². The third kappa shape index (κ3) is 1.93.